The summed E-state index contributed by atoms with van der Waals surface area (Å²) in [6, 6.07) is 7.19. The van der Waals surface area contributed by atoms with Crippen LogP contribution in [0.25, 0.3) is 6.08 Å². The zero-order valence-corrected chi connectivity index (χ0v) is 10.9. The van der Waals surface area contributed by atoms with Crippen LogP contribution in [0.3, 0.4) is 0 Å². The summed E-state index contributed by atoms with van der Waals surface area (Å²) in [6.07, 6.45) is 3.03. The Labute approximate surface area is 104 Å². The van der Waals surface area contributed by atoms with Crippen molar-refractivity contribution in [3.8, 4) is 5.75 Å². The number of aliphatic hydroxyl groups excluding tert-OH is 1. The summed E-state index contributed by atoms with van der Waals surface area (Å²) in [5.74, 6) is 0.722. The van der Waals surface area contributed by atoms with Crippen molar-refractivity contribution in [1.82, 2.24) is 0 Å². The predicted molar refractivity (Wildman–Crippen MR) is 71.8 cm³/mol. The van der Waals surface area contributed by atoms with Crippen LogP contribution in [0.2, 0.25) is 0 Å². The Bertz CT molecular complexity index is 380. The van der Waals surface area contributed by atoms with Gasteiger partial charge in [0.25, 0.3) is 0 Å². The summed E-state index contributed by atoms with van der Waals surface area (Å²) in [7, 11) is 0. The first-order valence-electron chi connectivity index (χ1n) is 6.21. The number of hydrogen-bond acceptors (Lipinski definition) is 2. The Morgan fingerprint density at radius 3 is 2.47 bits per heavy atom. The maximum absolute atomic E-state index is 10.1. The van der Waals surface area contributed by atoms with E-state index < -0.39 is 6.10 Å². The number of benzene rings is 1. The maximum atomic E-state index is 10.1. The van der Waals surface area contributed by atoms with E-state index in [2.05, 4.69) is 13.8 Å². The molecule has 0 saturated carbocycles. The molecule has 2 N–H and O–H groups in total. The predicted octanol–water partition coefficient (Wildman–Crippen LogP) is 3.59. The Hall–Kier alpha value is -1.28. The molecule has 0 bridgehead atoms. The summed E-state index contributed by atoms with van der Waals surface area (Å²) < 4.78 is 0. The van der Waals surface area contributed by atoms with Gasteiger partial charge in [0.15, 0.2) is 0 Å². The Morgan fingerprint density at radius 1 is 1.29 bits per heavy atom. The molecule has 1 aromatic rings. The van der Waals surface area contributed by atoms with E-state index in [1.54, 1.807) is 12.1 Å². The third-order valence-corrected chi connectivity index (χ3v) is 2.81. The van der Waals surface area contributed by atoms with Gasteiger partial charge in [-0.2, -0.15) is 0 Å². The van der Waals surface area contributed by atoms with E-state index in [1.807, 2.05) is 25.1 Å². The summed E-state index contributed by atoms with van der Waals surface area (Å²) in [5.41, 5.74) is 1.74. The molecule has 1 aromatic carbocycles. The highest BCUT2D eigenvalue weighted by atomic mass is 16.3. The fraction of sp³-hybridized carbons (Fsp3) is 0.467. The highest BCUT2D eigenvalue weighted by molar-refractivity contribution is 5.59. The molecule has 0 heterocycles. The summed E-state index contributed by atoms with van der Waals surface area (Å²) >= 11 is 0. The first-order valence-corrected chi connectivity index (χ1v) is 6.21. The highest BCUT2D eigenvalue weighted by Gasteiger charge is 2.11. The topological polar surface area (TPSA) is 40.5 Å². The summed E-state index contributed by atoms with van der Waals surface area (Å²) in [4.78, 5) is 0. The fourth-order valence-electron chi connectivity index (χ4n) is 1.84. The average Bonchev–Trinajstić information content (AvgIpc) is 2.27. The number of hydrogen-bond donors (Lipinski definition) is 2. The molecule has 17 heavy (non-hydrogen) atoms. The minimum atomic E-state index is -0.417. The second kappa shape index (κ2) is 6.45. The summed E-state index contributed by atoms with van der Waals surface area (Å²) in [6.45, 7) is 6.21. The van der Waals surface area contributed by atoms with Gasteiger partial charge in [-0.25, -0.2) is 0 Å². The van der Waals surface area contributed by atoms with Crippen LogP contribution in [0, 0.1) is 5.92 Å². The van der Waals surface area contributed by atoms with E-state index in [4.69, 9.17) is 0 Å². The smallest absolute Gasteiger partial charge is 0.122 e. The molecule has 0 radical (unpaired) electrons. The molecule has 0 aliphatic carbocycles. The Morgan fingerprint density at radius 2 is 1.94 bits per heavy atom. The van der Waals surface area contributed by atoms with Crippen LogP contribution >= 0.6 is 0 Å². The minimum Gasteiger partial charge on any atom is -0.507 e. The van der Waals surface area contributed by atoms with Crippen LogP contribution in [0.4, 0.5) is 0 Å². The van der Waals surface area contributed by atoms with Crippen LogP contribution in [-0.2, 0) is 0 Å². The standard InChI is InChI=1S/C15H22O2/c1-4-12(15(17)9-11(2)3)10-13-7-5-6-8-14(13)16/h5-8,10-11,15-17H,4,9H2,1-3H3/b12-10-. The molecule has 0 spiro atoms. The van der Waals surface area contributed by atoms with Crippen LogP contribution in [0.1, 0.15) is 39.2 Å². The molecule has 2 nitrogen and oxygen atoms in total. The first-order chi connectivity index (χ1) is 8.04. The van der Waals surface area contributed by atoms with E-state index in [-0.39, 0.29) is 5.75 Å². The average molecular weight is 234 g/mol. The molecule has 1 atom stereocenters. The van der Waals surface area contributed by atoms with Crippen molar-refractivity contribution < 1.29 is 10.2 Å². The fourth-order valence-corrected chi connectivity index (χ4v) is 1.84. The van der Waals surface area contributed by atoms with E-state index >= 15 is 0 Å². The van der Waals surface area contributed by atoms with Crippen LogP contribution in [0.5, 0.6) is 5.75 Å². The number of phenolic OH excluding ortho intramolecular Hbond substituents is 1. The van der Waals surface area contributed by atoms with Crippen LogP contribution in [-0.4, -0.2) is 16.3 Å². The van der Waals surface area contributed by atoms with Crippen molar-refractivity contribution in [1.29, 1.82) is 0 Å². The molecular formula is C15H22O2. The van der Waals surface area contributed by atoms with Gasteiger partial charge in [-0.15, -0.1) is 0 Å². The SMILES string of the molecule is CC/C(=C/c1ccccc1O)C(O)CC(C)C. The number of phenols is 1. The molecule has 0 aliphatic heterocycles. The third kappa shape index (κ3) is 4.23. The zero-order valence-electron chi connectivity index (χ0n) is 10.9. The molecule has 0 aromatic heterocycles. The normalized spacial score (nSPS) is 14.1. The van der Waals surface area contributed by atoms with E-state index in [1.165, 1.54) is 0 Å². The van der Waals surface area contributed by atoms with Crippen molar-refractivity contribution in [3.05, 3.63) is 35.4 Å². The van der Waals surface area contributed by atoms with Gasteiger partial charge in [0.05, 0.1) is 6.10 Å². The van der Waals surface area contributed by atoms with E-state index in [0.717, 1.165) is 24.0 Å². The highest BCUT2D eigenvalue weighted by Crippen LogP contribution is 2.23. The summed E-state index contributed by atoms with van der Waals surface area (Å²) in [5, 5.41) is 19.8. The van der Waals surface area contributed by atoms with Gasteiger partial charge in [-0.3, -0.25) is 0 Å². The third-order valence-electron chi connectivity index (χ3n) is 2.81. The van der Waals surface area contributed by atoms with Gasteiger partial charge in [0, 0.05) is 5.56 Å². The molecular weight excluding hydrogens is 212 g/mol. The molecule has 2 heteroatoms. The van der Waals surface area contributed by atoms with Gasteiger partial charge >= 0.3 is 0 Å². The van der Waals surface area contributed by atoms with Gasteiger partial charge in [0.1, 0.15) is 5.75 Å². The van der Waals surface area contributed by atoms with Crippen molar-refractivity contribution in [2.24, 2.45) is 5.92 Å². The molecule has 1 unspecified atom stereocenters. The van der Waals surface area contributed by atoms with Crippen molar-refractivity contribution >= 4 is 6.08 Å². The lowest BCUT2D eigenvalue weighted by Crippen LogP contribution is -2.12. The zero-order chi connectivity index (χ0) is 12.8. The molecule has 0 aliphatic rings. The van der Waals surface area contributed by atoms with Gasteiger partial charge in [0.2, 0.25) is 0 Å². The van der Waals surface area contributed by atoms with Crippen molar-refractivity contribution in [2.75, 3.05) is 0 Å². The first kappa shape index (κ1) is 13.8. The lowest BCUT2D eigenvalue weighted by molar-refractivity contribution is 0.181. The number of para-hydroxylation sites is 1. The molecule has 0 saturated heterocycles. The second-order valence-electron chi connectivity index (χ2n) is 4.78. The molecule has 0 fully saturated rings. The largest absolute Gasteiger partial charge is 0.507 e. The van der Waals surface area contributed by atoms with Gasteiger partial charge < -0.3 is 10.2 Å². The van der Waals surface area contributed by atoms with Crippen LogP contribution in [0.15, 0.2) is 29.8 Å². The Balaban J connectivity index is 2.90. The van der Waals surface area contributed by atoms with Crippen molar-refractivity contribution in [2.45, 2.75) is 39.7 Å². The maximum Gasteiger partial charge on any atom is 0.122 e. The molecule has 0 amide bonds. The van der Waals surface area contributed by atoms with E-state index in [0.29, 0.717) is 5.92 Å². The molecule has 94 valence electrons. The number of aromatic hydroxyl groups is 1. The quantitative estimate of drug-likeness (QED) is 0.817. The minimum absolute atomic E-state index is 0.259. The van der Waals surface area contributed by atoms with Crippen LogP contribution < -0.4 is 0 Å². The molecule has 1 rings (SSSR count). The Kier molecular flexibility index (Phi) is 5.23. The lowest BCUT2D eigenvalue weighted by atomic mass is 9.96. The number of aliphatic hydroxyl groups is 1. The van der Waals surface area contributed by atoms with Gasteiger partial charge in [-0.1, -0.05) is 39.0 Å². The second-order valence-corrected chi connectivity index (χ2v) is 4.78. The van der Waals surface area contributed by atoms with Crippen molar-refractivity contribution in [3.63, 3.8) is 0 Å². The van der Waals surface area contributed by atoms with E-state index in [9.17, 15) is 10.2 Å². The number of rotatable bonds is 5. The van der Waals surface area contributed by atoms with Gasteiger partial charge in [-0.05, 0) is 36.5 Å². The monoisotopic (exact) mass is 234 g/mol. The lowest BCUT2D eigenvalue weighted by Gasteiger charge is -2.16.